The first-order chi connectivity index (χ1) is 16.0. The minimum Gasteiger partial charge on any atom is -0.497 e. The zero-order chi connectivity index (χ0) is 23.4. The Morgan fingerprint density at radius 1 is 0.818 bits per heavy atom. The van der Waals surface area contributed by atoms with E-state index in [1.54, 1.807) is 78.9 Å². The third-order valence-corrected chi connectivity index (χ3v) is 5.02. The van der Waals surface area contributed by atoms with E-state index in [2.05, 4.69) is 4.99 Å². The van der Waals surface area contributed by atoms with Gasteiger partial charge >= 0.3 is 5.69 Å². The lowest BCUT2D eigenvalue weighted by Gasteiger charge is -2.14. The molecule has 3 aromatic carbocycles. The van der Waals surface area contributed by atoms with Gasteiger partial charge in [-0.15, -0.1) is 0 Å². The summed E-state index contributed by atoms with van der Waals surface area (Å²) in [5, 5.41) is 11.0. The predicted molar refractivity (Wildman–Crippen MR) is 126 cm³/mol. The van der Waals surface area contributed by atoms with Gasteiger partial charge in [0.1, 0.15) is 22.7 Å². The fourth-order valence-corrected chi connectivity index (χ4v) is 3.37. The molecule has 0 unspecified atom stereocenters. The second-order valence-corrected chi connectivity index (χ2v) is 6.96. The summed E-state index contributed by atoms with van der Waals surface area (Å²) in [4.78, 5) is 31.0. The molecule has 1 heterocycles. The molecule has 0 amide bonds. The normalized spacial score (nSPS) is 11.0. The maximum Gasteiger partial charge on any atom is 0.343 e. The van der Waals surface area contributed by atoms with Crippen LogP contribution in [-0.4, -0.2) is 34.7 Å². The van der Waals surface area contributed by atoms with Crippen molar-refractivity contribution < 1.29 is 14.6 Å². The van der Waals surface area contributed by atoms with Crippen molar-refractivity contribution in [2.45, 2.75) is 0 Å². The van der Waals surface area contributed by atoms with Crippen LogP contribution in [0.3, 0.4) is 0 Å². The molecule has 0 saturated heterocycles. The number of aromatic nitrogens is 2. The average Bonchev–Trinajstić information content (AvgIpc) is 2.85. The van der Waals surface area contributed by atoms with Gasteiger partial charge < -0.3 is 14.6 Å². The molecule has 0 atom stereocenters. The van der Waals surface area contributed by atoms with E-state index in [1.807, 2.05) is 0 Å². The summed E-state index contributed by atoms with van der Waals surface area (Å²) in [6.07, 6.45) is 1.22. The Bertz CT molecular complexity index is 1420. The molecule has 0 fully saturated rings. The number of ether oxygens (including phenoxy) is 2. The largest absolute Gasteiger partial charge is 0.497 e. The number of hydrogen-bond donors (Lipinski definition) is 1. The molecule has 33 heavy (non-hydrogen) atoms. The average molecular weight is 443 g/mol. The van der Waals surface area contributed by atoms with Gasteiger partial charge in [0.05, 0.1) is 25.6 Å². The molecule has 0 bridgehead atoms. The highest BCUT2D eigenvalue weighted by molar-refractivity contribution is 5.85. The molecule has 166 valence electrons. The highest BCUT2D eigenvalue weighted by Gasteiger charge is 2.20. The Morgan fingerprint density at radius 3 is 2.00 bits per heavy atom. The Hall–Kier alpha value is -4.59. The van der Waals surface area contributed by atoms with Gasteiger partial charge in [-0.2, -0.15) is 0 Å². The van der Waals surface area contributed by atoms with Crippen LogP contribution in [0.2, 0.25) is 0 Å². The first-order valence-corrected chi connectivity index (χ1v) is 10.0. The second-order valence-electron chi connectivity index (χ2n) is 6.96. The van der Waals surface area contributed by atoms with E-state index in [-0.39, 0.29) is 5.56 Å². The summed E-state index contributed by atoms with van der Waals surface area (Å²) in [5.74, 6) is 0.475. The minimum absolute atomic E-state index is 0.160. The van der Waals surface area contributed by atoms with Crippen LogP contribution in [0.5, 0.6) is 17.4 Å². The van der Waals surface area contributed by atoms with Crippen LogP contribution in [-0.2, 0) is 0 Å². The molecule has 4 aromatic rings. The first kappa shape index (κ1) is 21.6. The quantitative estimate of drug-likeness (QED) is 0.461. The van der Waals surface area contributed by atoms with E-state index < -0.39 is 17.1 Å². The van der Waals surface area contributed by atoms with E-state index in [1.165, 1.54) is 20.4 Å². The van der Waals surface area contributed by atoms with E-state index in [0.717, 1.165) is 9.13 Å². The summed E-state index contributed by atoms with van der Waals surface area (Å²) in [7, 11) is 3.02. The zero-order valence-corrected chi connectivity index (χ0v) is 18.0. The van der Waals surface area contributed by atoms with Crippen molar-refractivity contribution in [2.24, 2.45) is 4.99 Å². The van der Waals surface area contributed by atoms with Gasteiger partial charge in [-0.3, -0.25) is 9.79 Å². The van der Waals surface area contributed by atoms with Crippen LogP contribution in [0.4, 0.5) is 5.69 Å². The summed E-state index contributed by atoms with van der Waals surface area (Å²) in [5.41, 5.74) is -0.414. The van der Waals surface area contributed by atoms with Gasteiger partial charge in [-0.1, -0.05) is 36.4 Å². The SMILES string of the molecule is COc1ccc(OC)c(N=Cc2c(O)n(-c3ccccc3)c(=O)n(-c3ccccc3)c2=O)c1. The van der Waals surface area contributed by atoms with Crippen LogP contribution in [0, 0.1) is 0 Å². The van der Waals surface area contributed by atoms with Gasteiger partial charge in [0.2, 0.25) is 5.88 Å². The lowest BCUT2D eigenvalue weighted by molar-refractivity contribution is 0.404. The topological polar surface area (TPSA) is 95.0 Å². The van der Waals surface area contributed by atoms with Crippen LogP contribution >= 0.6 is 0 Å². The van der Waals surface area contributed by atoms with Crippen molar-refractivity contribution in [1.82, 2.24) is 9.13 Å². The number of aromatic hydroxyl groups is 1. The van der Waals surface area contributed by atoms with E-state index in [9.17, 15) is 14.7 Å². The number of rotatable bonds is 6. The third-order valence-electron chi connectivity index (χ3n) is 5.02. The van der Waals surface area contributed by atoms with Gasteiger partial charge in [-0.25, -0.2) is 13.9 Å². The molecular formula is C25H21N3O5. The molecule has 8 heteroatoms. The molecule has 0 aliphatic heterocycles. The van der Waals surface area contributed by atoms with Gasteiger partial charge in [0.15, 0.2) is 0 Å². The Labute approximate surface area is 189 Å². The molecule has 0 aliphatic carbocycles. The van der Waals surface area contributed by atoms with Crippen molar-refractivity contribution in [2.75, 3.05) is 14.2 Å². The second kappa shape index (κ2) is 9.27. The lowest BCUT2D eigenvalue weighted by atomic mass is 10.2. The van der Waals surface area contributed by atoms with Gasteiger partial charge in [-0.05, 0) is 36.4 Å². The van der Waals surface area contributed by atoms with Crippen molar-refractivity contribution in [3.8, 4) is 28.8 Å². The van der Waals surface area contributed by atoms with Crippen molar-refractivity contribution >= 4 is 11.9 Å². The monoisotopic (exact) mass is 443 g/mol. The highest BCUT2D eigenvalue weighted by atomic mass is 16.5. The molecule has 0 spiro atoms. The van der Waals surface area contributed by atoms with E-state index in [0.29, 0.717) is 28.6 Å². The first-order valence-electron chi connectivity index (χ1n) is 10.0. The van der Waals surface area contributed by atoms with Crippen LogP contribution in [0.15, 0.2) is 93.4 Å². The zero-order valence-electron chi connectivity index (χ0n) is 18.0. The van der Waals surface area contributed by atoms with E-state index in [4.69, 9.17) is 9.47 Å². The number of benzene rings is 3. The van der Waals surface area contributed by atoms with Crippen molar-refractivity contribution in [3.63, 3.8) is 0 Å². The van der Waals surface area contributed by atoms with Gasteiger partial charge in [0.25, 0.3) is 5.56 Å². The Kier molecular flexibility index (Phi) is 6.08. The van der Waals surface area contributed by atoms with Crippen molar-refractivity contribution in [1.29, 1.82) is 0 Å². The number of para-hydroxylation sites is 2. The van der Waals surface area contributed by atoms with Crippen molar-refractivity contribution in [3.05, 3.63) is 105 Å². The predicted octanol–water partition coefficient (Wildman–Crippen LogP) is 3.46. The summed E-state index contributed by atoms with van der Waals surface area (Å²) in [6, 6.07) is 22.1. The number of aliphatic imine (C=N–C) groups is 1. The molecule has 1 N–H and O–H groups in total. The third kappa shape index (κ3) is 4.14. The van der Waals surface area contributed by atoms with E-state index >= 15 is 0 Å². The lowest BCUT2D eigenvalue weighted by Crippen LogP contribution is -2.40. The summed E-state index contributed by atoms with van der Waals surface area (Å²) in [6.45, 7) is 0. The number of hydrogen-bond acceptors (Lipinski definition) is 6. The molecule has 0 saturated carbocycles. The van der Waals surface area contributed by atoms with Gasteiger partial charge in [0, 0.05) is 12.3 Å². The standard InChI is InChI=1S/C25H21N3O5/c1-32-19-13-14-22(33-2)21(15-19)26-16-20-23(29)27(17-9-5-3-6-10-17)25(31)28(24(20)30)18-11-7-4-8-12-18/h3-16,29H,1-2H3. The number of methoxy groups -OCH3 is 2. The molecule has 0 radical (unpaired) electrons. The molecule has 8 nitrogen and oxygen atoms in total. The van der Waals surface area contributed by atoms with Crippen LogP contribution in [0.1, 0.15) is 5.56 Å². The fourth-order valence-electron chi connectivity index (χ4n) is 3.37. The molecule has 1 aromatic heterocycles. The number of nitrogens with zero attached hydrogens (tertiary/aromatic N) is 3. The Balaban J connectivity index is 1.99. The van der Waals surface area contributed by atoms with Crippen LogP contribution in [0.25, 0.3) is 11.4 Å². The molecular weight excluding hydrogens is 422 g/mol. The summed E-state index contributed by atoms with van der Waals surface area (Å²) < 4.78 is 12.6. The Morgan fingerprint density at radius 2 is 1.42 bits per heavy atom. The minimum atomic E-state index is -0.707. The maximum atomic E-state index is 13.3. The van der Waals surface area contributed by atoms with Crippen LogP contribution < -0.4 is 20.7 Å². The molecule has 0 aliphatic rings. The summed E-state index contributed by atoms with van der Waals surface area (Å²) >= 11 is 0. The smallest absolute Gasteiger partial charge is 0.343 e. The maximum absolute atomic E-state index is 13.3. The fraction of sp³-hybridized carbons (Fsp3) is 0.0800. The highest BCUT2D eigenvalue weighted by Crippen LogP contribution is 2.31. The molecule has 4 rings (SSSR count).